The van der Waals surface area contributed by atoms with Crippen LogP contribution in [0, 0.1) is 11.7 Å². The highest BCUT2D eigenvalue weighted by Gasteiger charge is 2.38. The van der Waals surface area contributed by atoms with Gasteiger partial charge in [-0.15, -0.1) is 0 Å². The lowest BCUT2D eigenvalue weighted by atomic mass is 10.0. The molecule has 1 amide bonds. The third-order valence-electron chi connectivity index (χ3n) is 3.50. The van der Waals surface area contributed by atoms with Gasteiger partial charge in [-0.05, 0) is 47.5 Å². The van der Waals surface area contributed by atoms with Crippen molar-refractivity contribution in [3.05, 3.63) is 34.1 Å². The average Bonchev–Trinajstić information content (AvgIpc) is 2.74. The Balaban J connectivity index is 2.21. The molecule has 2 atom stereocenters. The fourth-order valence-electron chi connectivity index (χ4n) is 2.35. The normalized spacial score (nSPS) is 22.6. The summed E-state index contributed by atoms with van der Waals surface area (Å²) < 4.78 is 13.4. The Morgan fingerprint density at radius 1 is 1.47 bits per heavy atom. The number of carbonyl (C=O) groups excluding carboxylic acids is 1. The molecule has 102 valence electrons. The fourth-order valence-corrected chi connectivity index (χ4v) is 2.73. The third-order valence-corrected chi connectivity index (χ3v) is 4.11. The molecule has 1 saturated heterocycles. The molecule has 4 nitrogen and oxygen atoms in total. The topological polar surface area (TPSA) is 57.6 Å². The number of aliphatic carboxylic acids is 1. The minimum absolute atomic E-state index is 0.222. The number of likely N-dealkylation sites (tertiary alicyclic amines) is 1. The Labute approximate surface area is 118 Å². The number of benzene rings is 1. The maximum atomic E-state index is 13.1. The Kier molecular flexibility index (Phi) is 3.89. The van der Waals surface area contributed by atoms with E-state index in [9.17, 15) is 14.0 Å². The van der Waals surface area contributed by atoms with Gasteiger partial charge < -0.3 is 10.0 Å². The molecular weight excluding hydrogens is 317 g/mol. The summed E-state index contributed by atoms with van der Waals surface area (Å²) in [5.41, 5.74) is 0.353. The van der Waals surface area contributed by atoms with E-state index in [1.807, 2.05) is 0 Å². The lowest BCUT2D eigenvalue weighted by Crippen LogP contribution is -2.37. The predicted octanol–water partition coefficient (Wildman–Crippen LogP) is 2.52. The van der Waals surface area contributed by atoms with Crippen molar-refractivity contribution in [3.8, 4) is 0 Å². The summed E-state index contributed by atoms with van der Waals surface area (Å²) in [6.45, 7) is 2.13. The zero-order valence-corrected chi connectivity index (χ0v) is 11.9. The lowest BCUT2D eigenvalue weighted by molar-refractivity contribution is -0.142. The quantitative estimate of drug-likeness (QED) is 0.907. The second-order valence-electron chi connectivity index (χ2n) is 4.60. The maximum absolute atomic E-state index is 13.1. The van der Waals surface area contributed by atoms with Crippen molar-refractivity contribution < 1.29 is 19.1 Å². The molecule has 1 heterocycles. The lowest BCUT2D eigenvalue weighted by Gasteiger charge is -2.23. The molecule has 1 aromatic carbocycles. The molecule has 2 rings (SSSR count). The molecule has 1 N–H and O–H groups in total. The van der Waals surface area contributed by atoms with Crippen molar-refractivity contribution in [2.75, 3.05) is 6.54 Å². The predicted molar refractivity (Wildman–Crippen MR) is 70.3 cm³/mol. The van der Waals surface area contributed by atoms with Crippen molar-refractivity contribution in [1.29, 1.82) is 0 Å². The van der Waals surface area contributed by atoms with Gasteiger partial charge in [-0.3, -0.25) is 9.59 Å². The SMILES string of the molecule is CC1C(C(=O)O)CCN1C(=O)c1ccc(F)c(Br)c1. The van der Waals surface area contributed by atoms with E-state index in [0.717, 1.165) is 0 Å². The van der Waals surface area contributed by atoms with Crippen LogP contribution in [0.4, 0.5) is 4.39 Å². The molecule has 0 saturated carbocycles. The molecule has 1 aromatic rings. The van der Waals surface area contributed by atoms with Gasteiger partial charge in [0.15, 0.2) is 0 Å². The summed E-state index contributed by atoms with van der Waals surface area (Å²) in [4.78, 5) is 24.8. The van der Waals surface area contributed by atoms with Gasteiger partial charge >= 0.3 is 5.97 Å². The van der Waals surface area contributed by atoms with E-state index in [1.54, 1.807) is 6.92 Å². The van der Waals surface area contributed by atoms with Gasteiger partial charge in [0.2, 0.25) is 0 Å². The van der Waals surface area contributed by atoms with E-state index in [0.29, 0.717) is 18.5 Å². The molecule has 2 unspecified atom stereocenters. The third kappa shape index (κ3) is 2.63. The highest BCUT2D eigenvalue weighted by molar-refractivity contribution is 9.10. The molecule has 19 heavy (non-hydrogen) atoms. The van der Waals surface area contributed by atoms with E-state index < -0.39 is 17.7 Å². The van der Waals surface area contributed by atoms with E-state index in [2.05, 4.69) is 15.9 Å². The first-order chi connectivity index (χ1) is 8.91. The number of carboxylic acids is 1. The van der Waals surface area contributed by atoms with Gasteiger partial charge in [-0.1, -0.05) is 0 Å². The standard InChI is InChI=1S/C13H13BrFNO3/c1-7-9(13(18)19)4-5-16(7)12(17)8-2-3-11(15)10(14)6-8/h2-3,6-7,9H,4-5H2,1H3,(H,18,19). The smallest absolute Gasteiger partial charge is 0.308 e. The number of carbonyl (C=O) groups is 2. The minimum atomic E-state index is -0.886. The van der Waals surface area contributed by atoms with Gasteiger partial charge in [0.25, 0.3) is 5.91 Å². The van der Waals surface area contributed by atoms with Crippen LogP contribution in [0.1, 0.15) is 23.7 Å². The Morgan fingerprint density at radius 2 is 2.16 bits per heavy atom. The number of amides is 1. The number of hydrogen-bond acceptors (Lipinski definition) is 2. The van der Waals surface area contributed by atoms with Crippen LogP contribution in [0.15, 0.2) is 22.7 Å². The largest absolute Gasteiger partial charge is 0.481 e. The second-order valence-corrected chi connectivity index (χ2v) is 5.46. The van der Waals surface area contributed by atoms with Crippen molar-refractivity contribution in [2.45, 2.75) is 19.4 Å². The molecule has 6 heteroatoms. The van der Waals surface area contributed by atoms with Gasteiger partial charge in [0.05, 0.1) is 10.4 Å². The zero-order chi connectivity index (χ0) is 14.2. The molecule has 0 bridgehead atoms. The highest BCUT2D eigenvalue weighted by Crippen LogP contribution is 2.27. The summed E-state index contributed by atoms with van der Waals surface area (Å²) >= 11 is 3.03. The molecule has 1 aliphatic rings. The van der Waals surface area contributed by atoms with E-state index in [1.165, 1.54) is 23.1 Å². The average molecular weight is 330 g/mol. The molecular formula is C13H13BrFNO3. The minimum Gasteiger partial charge on any atom is -0.481 e. The molecule has 0 aliphatic carbocycles. The fraction of sp³-hybridized carbons (Fsp3) is 0.385. The first-order valence-electron chi connectivity index (χ1n) is 5.90. The number of carboxylic acid groups (broad SMARTS) is 1. The molecule has 0 aromatic heterocycles. The van der Waals surface area contributed by atoms with Crippen LogP contribution in [0.2, 0.25) is 0 Å². The second kappa shape index (κ2) is 5.28. The van der Waals surface area contributed by atoms with Crippen LogP contribution >= 0.6 is 15.9 Å². The Bertz CT molecular complexity index is 535. The van der Waals surface area contributed by atoms with Gasteiger partial charge in [0, 0.05) is 18.2 Å². The van der Waals surface area contributed by atoms with Crippen LogP contribution < -0.4 is 0 Å². The number of nitrogens with zero attached hydrogens (tertiary/aromatic N) is 1. The molecule has 0 radical (unpaired) electrons. The summed E-state index contributed by atoms with van der Waals surface area (Å²) in [5.74, 6) is -2.12. The summed E-state index contributed by atoms with van der Waals surface area (Å²) in [7, 11) is 0. The summed E-state index contributed by atoms with van der Waals surface area (Å²) in [5, 5.41) is 9.04. The van der Waals surface area contributed by atoms with Crippen LogP contribution in [0.25, 0.3) is 0 Å². The zero-order valence-electron chi connectivity index (χ0n) is 10.3. The summed E-state index contributed by atoms with van der Waals surface area (Å²) in [6.07, 6.45) is 0.449. The van der Waals surface area contributed by atoms with Crippen molar-refractivity contribution in [3.63, 3.8) is 0 Å². The first kappa shape index (κ1) is 14.0. The van der Waals surface area contributed by atoms with Crippen LogP contribution in [0.5, 0.6) is 0 Å². The van der Waals surface area contributed by atoms with Crippen molar-refractivity contribution in [2.24, 2.45) is 5.92 Å². The number of halogens is 2. The molecule has 1 aliphatic heterocycles. The van der Waals surface area contributed by atoms with Gasteiger partial charge in [-0.25, -0.2) is 4.39 Å². The first-order valence-corrected chi connectivity index (χ1v) is 6.70. The highest BCUT2D eigenvalue weighted by atomic mass is 79.9. The molecule has 0 spiro atoms. The van der Waals surface area contributed by atoms with E-state index in [4.69, 9.17) is 5.11 Å². The molecule has 1 fully saturated rings. The van der Waals surface area contributed by atoms with Crippen LogP contribution in [-0.4, -0.2) is 34.5 Å². The number of hydrogen-bond donors (Lipinski definition) is 1. The Morgan fingerprint density at radius 3 is 2.68 bits per heavy atom. The van der Waals surface area contributed by atoms with Crippen LogP contribution in [-0.2, 0) is 4.79 Å². The maximum Gasteiger partial charge on any atom is 0.308 e. The van der Waals surface area contributed by atoms with E-state index >= 15 is 0 Å². The Hall–Kier alpha value is -1.43. The number of rotatable bonds is 2. The van der Waals surface area contributed by atoms with Gasteiger partial charge in [0.1, 0.15) is 5.82 Å². The van der Waals surface area contributed by atoms with Crippen molar-refractivity contribution in [1.82, 2.24) is 4.90 Å². The van der Waals surface area contributed by atoms with Crippen LogP contribution in [0.3, 0.4) is 0 Å². The van der Waals surface area contributed by atoms with Crippen molar-refractivity contribution >= 4 is 27.8 Å². The monoisotopic (exact) mass is 329 g/mol. The van der Waals surface area contributed by atoms with Gasteiger partial charge in [-0.2, -0.15) is 0 Å². The van der Waals surface area contributed by atoms with E-state index in [-0.39, 0.29) is 16.4 Å². The summed E-state index contributed by atoms with van der Waals surface area (Å²) in [6, 6.07) is 3.68.